The van der Waals surface area contributed by atoms with Crippen LogP contribution in [0.4, 0.5) is 0 Å². The van der Waals surface area contributed by atoms with Gasteiger partial charge in [0.15, 0.2) is 17.6 Å². The molecule has 2 aliphatic rings. The van der Waals surface area contributed by atoms with Crippen LogP contribution in [0.3, 0.4) is 0 Å². The van der Waals surface area contributed by atoms with E-state index < -0.39 is 43.1 Å². The summed E-state index contributed by atoms with van der Waals surface area (Å²) < 4.78 is 29.4. The lowest BCUT2D eigenvalue weighted by Gasteiger charge is -2.44. The standard InChI is InChI=1S/C28H28O9/c1-33-24-19(34-14-16-8-4-2-5-9-16)12-18-21(25(24)35-15-17-10-6-3-7-11-17)26-27(37-28(18)32)23(31)22(30)20(13-29)36-26/h2-12,20,22-23,26-27,29-31H,13-15H2,1H3/t20-,22-,23+,26+,27-/m1/s1. The summed E-state index contributed by atoms with van der Waals surface area (Å²) in [6.07, 6.45) is -6.24. The molecule has 194 valence electrons. The third-order valence-corrected chi connectivity index (χ3v) is 6.52. The van der Waals surface area contributed by atoms with Crippen LogP contribution in [0.2, 0.25) is 0 Å². The predicted octanol–water partition coefficient (Wildman–Crippen LogP) is 2.55. The number of hydrogen-bond donors (Lipinski definition) is 3. The van der Waals surface area contributed by atoms with Gasteiger partial charge in [0, 0.05) is 5.56 Å². The summed E-state index contributed by atoms with van der Waals surface area (Å²) in [5.74, 6) is -0.0355. The normalized spacial score (nSPS) is 24.4. The molecule has 0 radical (unpaired) electrons. The second-order valence-electron chi connectivity index (χ2n) is 8.88. The van der Waals surface area contributed by atoms with Crippen molar-refractivity contribution in [3.63, 3.8) is 0 Å². The Hall–Kier alpha value is -3.63. The highest BCUT2D eigenvalue weighted by atomic mass is 16.6. The molecule has 0 unspecified atom stereocenters. The summed E-state index contributed by atoms with van der Waals surface area (Å²) in [6, 6.07) is 20.5. The SMILES string of the molecule is COc1c(OCc2ccccc2)cc2c(c1OCc1ccccc1)[C@@H]1O[C@H](CO)[C@@H](O)[C@H](O)[C@H]1OC2=O. The third kappa shape index (κ3) is 4.86. The fourth-order valence-electron chi connectivity index (χ4n) is 4.63. The first-order chi connectivity index (χ1) is 18.0. The van der Waals surface area contributed by atoms with E-state index in [2.05, 4.69) is 0 Å². The summed E-state index contributed by atoms with van der Waals surface area (Å²) >= 11 is 0. The molecular weight excluding hydrogens is 480 g/mol. The Morgan fingerprint density at radius 3 is 2.08 bits per heavy atom. The van der Waals surface area contributed by atoms with Gasteiger partial charge in [-0.05, 0) is 17.2 Å². The Morgan fingerprint density at radius 1 is 0.865 bits per heavy atom. The lowest BCUT2D eigenvalue weighted by atomic mass is 9.86. The highest BCUT2D eigenvalue weighted by Crippen LogP contribution is 2.51. The minimum absolute atomic E-state index is 0.119. The Balaban J connectivity index is 1.60. The number of carbonyl (C=O) groups is 1. The maximum absolute atomic E-state index is 13.1. The maximum atomic E-state index is 13.1. The van der Waals surface area contributed by atoms with Gasteiger partial charge in [-0.25, -0.2) is 4.79 Å². The van der Waals surface area contributed by atoms with Gasteiger partial charge in [0.25, 0.3) is 0 Å². The molecule has 0 bridgehead atoms. The molecule has 5 atom stereocenters. The van der Waals surface area contributed by atoms with Gasteiger partial charge in [0.2, 0.25) is 5.75 Å². The van der Waals surface area contributed by atoms with Crippen molar-refractivity contribution in [3.8, 4) is 17.2 Å². The van der Waals surface area contributed by atoms with Gasteiger partial charge in [0.1, 0.15) is 37.6 Å². The zero-order valence-corrected chi connectivity index (χ0v) is 20.2. The molecule has 1 saturated heterocycles. The number of benzene rings is 3. The van der Waals surface area contributed by atoms with Crippen LogP contribution >= 0.6 is 0 Å². The van der Waals surface area contributed by atoms with E-state index in [0.29, 0.717) is 5.56 Å². The van der Waals surface area contributed by atoms with Crippen LogP contribution in [0.15, 0.2) is 66.7 Å². The zero-order valence-electron chi connectivity index (χ0n) is 20.2. The summed E-state index contributed by atoms with van der Waals surface area (Å²) in [7, 11) is 1.46. The van der Waals surface area contributed by atoms with Gasteiger partial charge >= 0.3 is 5.97 Å². The molecule has 9 heteroatoms. The van der Waals surface area contributed by atoms with E-state index in [1.54, 1.807) is 0 Å². The predicted molar refractivity (Wildman–Crippen MR) is 130 cm³/mol. The maximum Gasteiger partial charge on any atom is 0.339 e. The number of rotatable bonds is 8. The molecule has 5 rings (SSSR count). The van der Waals surface area contributed by atoms with Crippen molar-refractivity contribution < 1.29 is 43.8 Å². The van der Waals surface area contributed by atoms with Gasteiger partial charge < -0.3 is 39.0 Å². The first-order valence-electron chi connectivity index (χ1n) is 11.9. The van der Waals surface area contributed by atoms with E-state index in [1.165, 1.54) is 13.2 Å². The molecule has 9 nitrogen and oxygen atoms in total. The molecule has 3 N–H and O–H groups in total. The number of methoxy groups -OCH3 is 1. The quantitative estimate of drug-likeness (QED) is 0.394. The summed E-state index contributed by atoms with van der Waals surface area (Å²) in [5, 5.41) is 30.8. The minimum Gasteiger partial charge on any atom is -0.490 e. The average molecular weight is 509 g/mol. The number of ether oxygens (including phenoxy) is 5. The van der Waals surface area contributed by atoms with E-state index in [9.17, 15) is 20.1 Å². The smallest absolute Gasteiger partial charge is 0.339 e. The monoisotopic (exact) mass is 508 g/mol. The van der Waals surface area contributed by atoms with Crippen LogP contribution in [0.5, 0.6) is 17.2 Å². The number of hydrogen-bond acceptors (Lipinski definition) is 9. The fourth-order valence-corrected chi connectivity index (χ4v) is 4.63. The summed E-state index contributed by atoms with van der Waals surface area (Å²) in [5.41, 5.74) is 2.20. The number of carbonyl (C=O) groups excluding carboxylic acids is 1. The van der Waals surface area contributed by atoms with Crippen molar-refractivity contribution in [2.45, 2.75) is 43.7 Å². The zero-order chi connectivity index (χ0) is 25.9. The lowest BCUT2D eigenvalue weighted by Crippen LogP contribution is -2.58. The second-order valence-corrected chi connectivity index (χ2v) is 8.88. The van der Waals surface area contributed by atoms with Crippen LogP contribution in [0.25, 0.3) is 0 Å². The van der Waals surface area contributed by atoms with Crippen LogP contribution in [0, 0.1) is 0 Å². The van der Waals surface area contributed by atoms with Crippen molar-refractivity contribution in [2.24, 2.45) is 0 Å². The highest BCUT2D eigenvalue weighted by molar-refractivity contribution is 5.95. The Kier molecular flexibility index (Phi) is 7.29. The van der Waals surface area contributed by atoms with Crippen LogP contribution in [0.1, 0.15) is 33.2 Å². The van der Waals surface area contributed by atoms with E-state index >= 15 is 0 Å². The molecule has 0 spiro atoms. The van der Waals surface area contributed by atoms with Crippen molar-refractivity contribution in [1.82, 2.24) is 0 Å². The van der Waals surface area contributed by atoms with E-state index in [4.69, 9.17) is 23.7 Å². The molecule has 1 fully saturated rings. The molecule has 0 aliphatic carbocycles. The summed E-state index contributed by atoms with van der Waals surface area (Å²) in [4.78, 5) is 13.1. The second kappa shape index (κ2) is 10.8. The summed E-state index contributed by atoms with van der Waals surface area (Å²) in [6.45, 7) is -0.184. The Bertz CT molecular complexity index is 1230. The highest BCUT2D eigenvalue weighted by Gasteiger charge is 2.52. The van der Waals surface area contributed by atoms with Crippen molar-refractivity contribution in [3.05, 3.63) is 89.0 Å². The van der Waals surface area contributed by atoms with Crippen molar-refractivity contribution in [1.29, 1.82) is 0 Å². The first-order valence-corrected chi connectivity index (χ1v) is 11.9. The molecule has 0 amide bonds. The lowest BCUT2D eigenvalue weighted by molar-refractivity contribution is -0.235. The number of aliphatic hydroxyl groups is 3. The molecule has 0 saturated carbocycles. The van der Waals surface area contributed by atoms with Crippen molar-refractivity contribution >= 4 is 5.97 Å². The molecule has 3 aromatic carbocycles. The van der Waals surface area contributed by atoms with E-state index in [0.717, 1.165) is 11.1 Å². The third-order valence-electron chi connectivity index (χ3n) is 6.52. The number of esters is 1. The molecule has 2 heterocycles. The molecule has 0 aromatic heterocycles. The number of aliphatic hydroxyl groups excluding tert-OH is 3. The Morgan fingerprint density at radius 2 is 1.49 bits per heavy atom. The van der Waals surface area contributed by atoms with Gasteiger partial charge in [-0.1, -0.05) is 60.7 Å². The minimum atomic E-state index is -1.48. The molecule has 3 aromatic rings. The van der Waals surface area contributed by atoms with Gasteiger partial charge in [-0.3, -0.25) is 0 Å². The van der Waals surface area contributed by atoms with Gasteiger partial charge in [0.05, 0.1) is 19.3 Å². The first kappa shape index (κ1) is 25.0. The average Bonchev–Trinajstić information content (AvgIpc) is 2.93. The van der Waals surface area contributed by atoms with Crippen LogP contribution < -0.4 is 14.2 Å². The van der Waals surface area contributed by atoms with Crippen LogP contribution in [-0.4, -0.2) is 59.4 Å². The van der Waals surface area contributed by atoms with E-state index in [1.807, 2.05) is 60.7 Å². The fraction of sp³-hybridized carbons (Fsp3) is 0.321. The van der Waals surface area contributed by atoms with Gasteiger partial charge in [-0.2, -0.15) is 0 Å². The molecule has 37 heavy (non-hydrogen) atoms. The largest absolute Gasteiger partial charge is 0.490 e. The van der Waals surface area contributed by atoms with E-state index in [-0.39, 0.29) is 36.0 Å². The topological polar surface area (TPSA) is 124 Å². The van der Waals surface area contributed by atoms with Crippen LogP contribution in [-0.2, 0) is 22.7 Å². The molecule has 2 aliphatic heterocycles. The number of fused-ring (bicyclic) bond motifs is 3. The Labute approximate surface area is 213 Å². The van der Waals surface area contributed by atoms with Gasteiger partial charge in [-0.15, -0.1) is 0 Å². The molecular formula is C28H28O9. The van der Waals surface area contributed by atoms with Crippen molar-refractivity contribution in [2.75, 3.05) is 13.7 Å².